The van der Waals surface area contributed by atoms with Crippen molar-refractivity contribution < 1.29 is 18.5 Å². The van der Waals surface area contributed by atoms with Crippen molar-refractivity contribution in [2.45, 2.75) is 40.3 Å². The minimum absolute atomic E-state index is 0.226. The largest absolute Gasteiger partial charge is 0.488 e. The molecule has 2 heterocycles. The molecule has 6 nitrogen and oxygen atoms in total. The quantitative estimate of drug-likeness (QED) is 0.464. The third-order valence-corrected chi connectivity index (χ3v) is 5.18. The fraction of sp³-hybridized carbons (Fsp3) is 0.250. The van der Waals surface area contributed by atoms with Crippen molar-refractivity contribution in [3.63, 3.8) is 0 Å². The van der Waals surface area contributed by atoms with Gasteiger partial charge in [-0.15, -0.1) is 0 Å². The zero-order valence-electron chi connectivity index (χ0n) is 17.5. The summed E-state index contributed by atoms with van der Waals surface area (Å²) in [5.41, 5.74) is 2.13. The van der Waals surface area contributed by atoms with Gasteiger partial charge in [-0.2, -0.15) is 0 Å². The van der Waals surface area contributed by atoms with Crippen molar-refractivity contribution in [3.8, 4) is 5.75 Å². The van der Waals surface area contributed by atoms with Crippen LogP contribution in [0.3, 0.4) is 0 Å². The van der Waals surface area contributed by atoms with Crippen LogP contribution in [-0.2, 0) is 6.61 Å². The van der Waals surface area contributed by atoms with Gasteiger partial charge in [-0.05, 0) is 62.7 Å². The first-order valence-corrected chi connectivity index (χ1v) is 9.87. The van der Waals surface area contributed by atoms with E-state index in [1.807, 2.05) is 76.2 Å². The van der Waals surface area contributed by atoms with Crippen LogP contribution >= 0.6 is 0 Å². The number of ether oxygens (including phenoxy) is 1. The molecule has 154 valence electrons. The monoisotopic (exact) mass is 404 g/mol. The Morgan fingerprint density at radius 2 is 1.83 bits per heavy atom. The first-order chi connectivity index (χ1) is 14.4. The molecule has 0 aliphatic carbocycles. The molecule has 6 heteroatoms. The average Bonchev–Trinajstić information content (AvgIpc) is 3.31. The second kappa shape index (κ2) is 8.06. The number of carbonyl (C=O) groups excluding carboxylic acids is 1. The Labute approximate surface area is 174 Å². The van der Waals surface area contributed by atoms with Crippen LogP contribution in [0.25, 0.3) is 10.8 Å². The second-order valence-corrected chi connectivity index (χ2v) is 7.43. The standard InChI is InChI=1S/C24H24N2O4/c1-14-9-10-22(29-14)16(3)25-24(27)20-11-18-7-5-6-8-19(18)12-23(20)28-13-21-15(2)26-30-17(21)4/h5-12,16H,13H2,1-4H3,(H,25,27). The Balaban J connectivity index is 1.64. The van der Waals surface area contributed by atoms with Gasteiger partial charge in [0.1, 0.15) is 29.6 Å². The van der Waals surface area contributed by atoms with Gasteiger partial charge in [0.15, 0.2) is 0 Å². The normalized spacial score (nSPS) is 12.1. The third-order valence-electron chi connectivity index (χ3n) is 5.18. The highest BCUT2D eigenvalue weighted by atomic mass is 16.5. The number of aromatic nitrogens is 1. The van der Waals surface area contributed by atoms with E-state index in [1.54, 1.807) is 0 Å². The van der Waals surface area contributed by atoms with Crippen LogP contribution in [0.2, 0.25) is 0 Å². The molecule has 2 aromatic heterocycles. The fourth-order valence-electron chi connectivity index (χ4n) is 3.41. The Bertz CT molecular complexity index is 1190. The van der Waals surface area contributed by atoms with Gasteiger partial charge < -0.3 is 19.0 Å². The molecule has 0 radical (unpaired) electrons. The molecule has 30 heavy (non-hydrogen) atoms. The summed E-state index contributed by atoms with van der Waals surface area (Å²) in [4.78, 5) is 13.1. The van der Waals surface area contributed by atoms with Gasteiger partial charge in [0.25, 0.3) is 5.91 Å². The SMILES string of the molecule is Cc1ccc(C(C)NC(=O)c2cc3ccccc3cc2OCc2c(C)noc2C)o1. The topological polar surface area (TPSA) is 77.5 Å². The Hall–Kier alpha value is -3.54. The lowest BCUT2D eigenvalue weighted by Crippen LogP contribution is -2.27. The number of hydrogen-bond acceptors (Lipinski definition) is 5. The van der Waals surface area contributed by atoms with Gasteiger partial charge in [-0.25, -0.2) is 0 Å². The average molecular weight is 404 g/mol. The van der Waals surface area contributed by atoms with E-state index < -0.39 is 0 Å². The number of nitrogens with zero attached hydrogens (tertiary/aromatic N) is 1. The van der Waals surface area contributed by atoms with Crippen molar-refractivity contribution in [1.82, 2.24) is 10.5 Å². The van der Waals surface area contributed by atoms with Gasteiger partial charge in [0, 0.05) is 0 Å². The number of benzene rings is 2. The Morgan fingerprint density at radius 1 is 1.10 bits per heavy atom. The van der Waals surface area contributed by atoms with Crippen molar-refractivity contribution in [2.24, 2.45) is 0 Å². The van der Waals surface area contributed by atoms with Gasteiger partial charge >= 0.3 is 0 Å². The Kier molecular flexibility index (Phi) is 5.31. The molecule has 0 saturated carbocycles. The van der Waals surface area contributed by atoms with Crippen LogP contribution in [0, 0.1) is 20.8 Å². The molecule has 2 aromatic carbocycles. The number of fused-ring (bicyclic) bond motifs is 1. The van der Waals surface area contributed by atoms with E-state index in [1.165, 1.54) is 0 Å². The number of aryl methyl sites for hydroxylation is 3. The number of carbonyl (C=O) groups is 1. The summed E-state index contributed by atoms with van der Waals surface area (Å²) in [5.74, 6) is 2.51. The van der Waals surface area contributed by atoms with Crippen LogP contribution < -0.4 is 10.1 Å². The number of nitrogens with one attached hydrogen (secondary N) is 1. The molecule has 0 bridgehead atoms. The van der Waals surface area contributed by atoms with Crippen LogP contribution in [-0.4, -0.2) is 11.1 Å². The Morgan fingerprint density at radius 3 is 2.47 bits per heavy atom. The maximum absolute atomic E-state index is 13.1. The highest BCUT2D eigenvalue weighted by molar-refractivity contribution is 6.01. The summed E-state index contributed by atoms with van der Waals surface area (Å²) < 4.78 is 16.9. The fourth-order valence-corrected chi connectivity index (χ4v) is 3.41. The van der Waals surface area contributed by atoms with Crippen molar-refractivity contribution in [1.29, 1.82) is 0 Å². The molecule has 4 rings (SSSR count). The third kappa shape index (κ3) is 3.94. The summed E-state index contributed by atoms with van der Waals surface area (Å²) in [5, 5.41) is 8.93. The maximum Gasteiger partial charge on any atom is 0.255 e. The van der Waals surface area contributed by atoms with Crippen molar-refractivity contribution >= 4 is 16.7 Å². The lowest BCUT2D eigenvalue weighted by molar-refractivity contribution is 0.0930. The number of rotatable bonds is 6. The summed E-state index contributed by atoms with van der Waals surface area (Å²) in [7, 11) is 0. The first kappa shape index (κ1) is 19.8. The van der Waals surface area contributed by atoms with Crippen molar-refractivity contribution in [2.75, 3.05) is 0 Å². The van der Waals surface area contributed by atoms with Crippen LogP contribution in [0.1, 0.15) is 51.9 Å². The van der Waals surface area contributed by atoms with E-state index in [9.17, 15) is 4.79 Å². The summed E-state index contributed by atoms with van der Waals surface area (Å²) in [6, 6.07) is 15.1. The molecule has 1 N–H and O–H groups in total. The first-order valence-electron chi connectivity index (χ1n) is 9.87. The van der Waals surface area contributed by atoms with Gasteiger partial charge in [0.2, 0.25) is 0 Å². The molecular formula is C24H24N2O4. The summed E-state index contributed by atoms with van der Waals surface area (Å²) in [6.07, 6.45) is 0. The minimum atomic E-state index is -0.270. The smallest absolute Gasteiger partial charge is 0.255 e. The van der Waals surface area contributed by atoms with E-state index in [-0.39, 0.29) is 18.6 Å². The predicted molar refractivity (Wildman–Crippen MR) is 114 cm³/mol. The molecular weight excluding hydrogens is 380 g/mol. The van der Waals surface area contributed by atoms with E-state index in [2.05, 4.69) is 10.5 Å². The molecule has 0 spiro atoms. The van der Waals surface area contributed by atoms with E-state index in [0.29, 0.717) is 22.8 Å². The van der Waals surface area contributed by atoms with Gasteiger partial charge in [-0.3, -0.25) is 4.79 Å². The maximum atomic E-state index is 13.1. The van der Waals surface area contributed by atoms with E-state index >= 15 is 0 Å². The predicted octanol–water partition coefficient (Wildman–Crippen LogP) is 5.42. The molecule has 0 aliphatic heterocycles. The summed E-state index contributed by atoms with van der Waals surface area (Å²) in [6.45, 7) is 7.76. The van der Waals surface area contributed by atoms with Crippen LogP contribution in [0.15, 0.2) is 57.5 Å². The van der Waals surface area contributed by atoms with Crippen LogP contribution in [0.4, 0.5) is 0 Å². The zero-order chi connectivity index (χ0) is 21.3. The van der Waals surface area contributed by atoms with E-state index in [4.69, 9.17) is 13.7 Å². The minimum Gasteiger partial charge on any atom is -0.488 e. The van der Waals surface area contributed by atoms with Gasteiger partial charge in [0.05, 0.1) is 22.9 Å². The number of furan rings is 1. The molecule has 0 aliphatic rings. The number of amides is 1. The molecule has 4 aromatic rings. The van der Waals surface area contributed by atoms with Crippen molar-refractivity contribution in [3.05, 3.63) is 82.6 Å². The molecule has 0 saturated heterocycles. The highest BCUT2D eigenvalue weighted by Crippen LogP contribution is 2.28. The number of hydrogen-bond donors (Lipinski definition) is 1. The lowest BCUT2D eigenvalue weighted by Gasteiger charge is -2.16. The lowest BCUT2D eigenvalue weighted by atomic mass is 10.0. The van der Waals surface area contributed by atoms with E-state index in [0.717, 1.165) is 27.8 Å². The molecule has 1 unspecified atom stereocenters. The second-order valence-electron chi connectivity index (χ2n) is 7.43. The van der Waals surface area contributed by atoms with Gasteiger partial charge in [-0.1, -0.05) is 29.4 Å². The summed E-state index contributed by atoms with van der Waals surface area (Å²) >= 11 is 0. The highest BCUT2D eigenvalue weighted by Gasteiger charge is 2.19. The molecule has 1 atom stereocenters. The van der Waals surface area contributed by atoms with Crippen LogP contribution in [0.5, 0.6) is 5.75 Å². The zero-order valence-corrected chi connectivity index (χ0v) is 17.5. The molecule has 1 amide bonds. The molecule has 0 fully saturated rings.